The Morgan fingerprint density at radius 2 is 1.32 bits per heavy atom. The Hall–Kier alpha value is -4.52. The van der Waals surface area contributed by atoms with Crippen LogP contribution in [-0.2, 0) is 0 Å². The third-order valence-electron chi connectivity index (χ3n) is 5.69. The van der Waals surface area contributed by atoms with E-state index in [-0.39, 0.29) is 28.2 Å². The van der Waals surface area contributed by atoms with Crippen molar-refractivity contribution >= 4 is 5.97 Å². The minimum atomic E-state index is -1.00. The molecule has 0 atom stereocenters. The highest BCUT2D eigenvalue weighted by Gasteiger charge is 2.18. The molecule has 4 nitrogen and oxygen atoms in total. The first-order valence-corrected chi connectivity index (χ1v) is 12.0. The number of ether oxygens (including phenoxy) is 3. The van der Waals surface area contributed by atoms with E-state index in [2.05, 4.69) is 6.58 Å². The van der Waals surface area contributed by atoms with E-state index in [9.17, 15) is 18.0 Å². The summed E-state index contributed by atoms with van der Waals surface area (Å²) in [4.78, 5) is 12.5. The highest BCUT2D eigenvalue weighted by atomic mass is 19.2. The van der Waals surface area contributed by atoms with Gasteiger partial charge in [-0.3, -0.25) is 0 Å². The predicted molar refractivity (Wildman–Crippen MR) is 140 cm³/mol. The van der Waals surface area contributed by atoms with Crippen LogP contribution in [0.4, 0.5) is 13.2 Å². The normalized spacial score (nSPS) is 10.6. The number of rotatable bonds is 10. The van der Waals surface area contributed by atoms with Crippen LogP contribution in [0.15, 0.2) is 91.5 Å². The third kappa shape index (κ3) is 6.06. The van der Waals surface area contributed by atoms with Crippen LogP contribution in [0.25, 0.3) is 22.3 Å². The van der Waals surface area contributed by atoms with Crippen molar-refractivity contribution in [1.29, 1.82) is 0 Å². The monoisotopic (exact) mass is 518 g/mol. The van der Waals surface area contributed by atoms with Gasteiger partial charge in [-0.1, -0.05) is 42.5 Å². The van der Waals surface area contributed by atoms with Gasteiger partial charge in [0.1, 0.15) is 23.1 Å². The molecule has 0 N–H and O–H groups in total. The van der Waals surface area contributed by atoms with Crippen molar-refractivity contribution in [3.05, 3.63) is 115 Å². The maximum absolute atomic E-state index is 15.0. The summed E-state index contributed by atoms with van der Waals surface area (Å²) >= 11 is 0. The number of hydrogen-bond acceptors (Lipinski definition) is 4. The Bertz CT molecular complexity index is 1430. The molecule has 0 aliphatic heterocycles. The fraction of sp³-hybridized carbons (Fsp3) is 0.129. The summed E-state index contributed by atoms with van der Waals surface area (Å²) in [6, 6.07) is 19.4. The zero-order chi connectivity index (χ0) is 27.1. The SMILES string of the molecule is C=CCCOc1ccc(C(=O)Oc2ccc(-c3ccc(-c4ccc(OCC)cc4)c(F)c3F)cc2)c(F)c1. The van der Waals surface area contributed by atoms with Gasteiger partial charge in [-0.15, -0.1) is 6.58 Å². The van der Waals surface area contributed by atoms with E-state index in [4.69, 9.17) is 14.2 Å². The summed E-state index contributed by atoms with van der Waals surface area (Å²) in [5.74, 6) is -2.61. The molecule has 0 bridgehead atoms. The van der Waals surface area contributed by atoms with Crippen molar-refractivity contribution < 1.29 is 32.2 Å². The van der Waals surface area contributed by atoms with Gasteiger partial charge in [0.15, 0.2) is 11.6 Å². The number of carbonyl (C=O) groups excluding carboxylic acids is 1. The molecule has 0 amide bonds. The minimum Gasteiger partial charge on any atom is -0.494 e. The van der Waals surface area contributed by atoms with E-state index in [1.165, 1.54) is 48.5 Å². The largest absolute Gasteiger partial charge is 0.494 e. The van der Waals surface area contributed by atoms with E-state index in [0.29, 0.717) is 36.5 Å². The second kappa shape index (κ2) is 12.1. The van der Waals surface area contributed by atoms with Crippen LogP contribution in [0.1, 0.15) is 23.7 Å². The van der Waals surface area contributed by atoms with Gasteiger partial charge in [-0.25, -0.2) is 18.0 Å². The Labute approximate surface area is 218 Å². The molecule has 0 saturated heterocycles. The Morgan fingerprint density at radius 1 is 0.763 bits per heavy atom. The Morgan fingerprint density at radius 3 is 1.84 bits per heavy atom. The fourth-order valence-electron chi connectivity index (χ4n) is 3.77. The molecule has 0 radical (unpaired) electrons. The first kappa shape index (κ1) is 26.5. The Kier molecular flexibility index (Phi) is 8.48. The molecular weight excluding hydrogens is 493 g/mol. The molecule has 0 aliphatic rings. The maximum Gasteiger partial charge on any atom is 0.346 e. The number of halogens is 3. The summed E-state index contributed by atoms with van der Waals surface area (Å²) in [6.45, 7) is 6.29. The summed E-state index contributed by atoms with van der Waals surface area (Å²) in [6.07, 6.45) is 2.28. The number of hydrogen-bond donors (Lipinski definition) is 0. The molecule has 0 saturated carbocycles. The van der Waals surface area contributed by atoms with Gasteiger partial charge in [-0.05, 0) is 60.9 Å². The first-order valence-electron chi connectivity index (χ1n) is 12.0. The summed E-state index contributed by atoms with van der Waals surface area (Å²) < 4.78 is 60.4. The van der Waals surface area contributed by atoms with Crippen molar-refractivity contribution in [2.75, 3.05) is 13.2 Å². The van der Waals surface area contributed by atoms with Crippen molar-refractivity contribution in [2.24, 2.45) is 0 Å². The van der Waals surface area contributed by atoms with E-state index < -0.39 is 23.4 Å². The summed E-state index contributed by atoms with van der Waals surface area (Å²) in [5, 5.41) is 0. The van der Waals surface area contributed by atoms with Gasteiger partial charge in [0.25, 0.3) is 0 Å². The van der Waals surface area contributed by atoms with Gasteiger partial charge >= 0.3 is 5.97 Å². The van der Waals surface area contributed by atoms with Crippen LogP contribution >= 0.6 is 0 Å². The summed E-state index contributed by atoms with van der Waals surface area (Å²) in [7, 11) is 0. The molecule has 0 aromatic heterocycles. The molecular formula is C31H25F3O4. The van der Waals surface area contributed by atoms with Gasteiger partial charge in [0, 0.05) is 17.2 Å². The number of carbonyl (C=O) groups is 1. The molecule has 4 rings (SSSR count). The van der Waals surface area contributed by atoms with Crippen LogP contribution in [0.2, 0.25) is 0 Å². The molecule has 0 fully saturated rings. The lowest BCUT2D eigenvalue weighted by Gasteiger charge is -2.11. The van der Waals surface area contributed by atoms with Crippen molar-refractivity contribution in [1.82, 2.24) is 0 Å². The van der Waals surface area contributed by atoms with Crippen LogP contribution in [0, 0.1) is 17.5 Å². The van der Waals surface area contributed by atoms with Gasteiger partial charge in [0.05, 0.1) is 18.8 Å². The zero-order valence-electron chi connectivity index (χ0n) is 20.7. The smallest absolute Gasteiger partial charge is 0.346 e. The topological polar surface area (TPSA) is 44.8 Å². The first-order chi connectivity index (χ1) is 18.4. The number of benzene rings is 4. The van der Waals surface area contributed by atoms with Crippen LogP contribution < -0.4 is 14.2 Å². The lowest BCUT2D eigenvalue weighted by molar-refractivity contribution is 0.0730. The fourth-order valence-corrected chi connectivity index (χ4v) is 3.77. The molecule has 0 aliphatic carbocycles. The molecule has 0 heterocycles. The molecule has 7 heteroatoms. The van der Waals surface area contributed by atoms with Gasteiger partial charge < -0.3 is 14.2 Å². The number of esters is 1. The van der Waals surface area contributed by atoms with Gasteiger partial charge in [0.2, 0.25) is 0 Å². The van der Waals surface area contributed by atoms with Crippen molar-refractivity contribution in [3.8, 4) is 39.5 Å². The molecule has 0 spiro atoms. The molecule has 38 heavy (non-hydrogen) atoms. The molecule has 4 aromatic rings. The summed E-state index contributed by atoms with van der Waals surface area (Å²) in [5.41, 5.74) is 0.809. The average Bonchev–Trinajstić information content (AvgIpc) is 2.92. The lowest BCUT2D eigenvalue weighted by Crippen LogP contribution is -2.11. The second-order valence-electron chi connectivity index (χ2n) is 8.23. The molecule has 0 unspecified atom stereocenters. The Balaban J connectivity index is 1.47. The van der Waals surface area contributed by atoms with E-state index in [1.54, 1.807) is 30.3 Å². The van der Waals surface area contributed by atoms with E-state index in [1.807, 2.05) is 6.92 Å². The molecule has 4 aromatic carbocycles. The third-order valence-corrected chi connectivity index (χ3v) is 5.69. The zero-order valence-corrected chi connectivity index (χ0v) is 20.7. The standard InChI is InChI=1S/C31H25F3O4/c1-3-5-18-37-24-14-15-27(28(32)19-24)31(35)38-23-12-8-21(9-13-23)26-17-16-25(29(33)30(26)34)20-6-10-22(11-7-20)36-4-2/h3,6-17,19H,1,4-5,18H2,2H3. The van der Waals surface area contributed by atoms with E-state index in [0.717, 1.165) is 6.07 Å². The lowest BCUT2D eigenvalue weighted by atomic mass is 9.98. The van der Waals surface area contributed by atoms with Gasteiger partial charge in [-0.2, -0.15) is 0 Å². The van der Waals surface area contributed by atoms with Crippen LogP contribution in [0.5, 0.6) is 17.2 Å². The quantitative estimate of drug-likeness (QED) is 0.0923. The maximum atomic E-state index is 15.0. The average molecular weight is 519 g/mol. The van der Waals surface area contributed by atoms with Crippen molar-refractivity contribution in [3.63, 3.8) is 0 Å². The molecule has 194 valence electrons. The highest BCUT2D eigenvalue weighted by molar-refractivity contribution is 5.91. The van der Waals surface area contributed by atoms with Crippen LogP contribution in [0.3, 0.4) is 0 Å². The predicted octanol–water partition coefficient (Wildman–Crippen LogP) is 8.01. The van der Waals surface area contributed by atoms with E-state index >= 15 is 0 Å². The van der Waals surface area contributed by atoms with Crippen LogP contribution in [-0.4, -0.2) is 19.2 Å². The minimum absolute atomic E-state index is 0.0492. The second-order valence-corrected chi connectivity index (χ2v) is 8.23. The van der Waals surface area contributed by atoms with Crippen molar-refractivity contribution in [2.45, 2.75) is 13.3 Å². The highest BCUT2D eigenvalue weighted by Crippen LogP contribution is 2.33.